The second-order valence-electron chi connectivity index (χ2n) is 8.70. The van der Waals surface area contributed by atoms with Crippen molar-refractivity contribution in [3.63, 3.8) is 0 Å². The molecule has 1 aliphatic heterocycles. The maximum Gasteiger partial charge on any atom is 0.243 e. The van der Waals surface area contributed by atoms with Crippen molar-refractivity contribution < 1.29 is 13.2 Å². The molecule has 5 heteroatoms. The fourth-order valence-electron chi connectivity index (χ4n) is 5.08. The third-order valence-corrected chi connectivity index (χ3v) is 7.82. The van der Waals surface area contributed by atoms with Gasteiger partial charge in [0.1, 0.15) is 11.5 Å². The van der Waals surface area contributed by atoms with E-state index in [2.05, 4.69) is 20.8 Å². The van der Waals surface area contributed by atoms with Gasteiger partial charge in [-0.3, -0.25) is 0 Å². The lowest BCUT2D eigenvalue weighted by molar-refractivity contribution is -0.0522. The third-order valence-electron chi connectivity index (χ3n) is 5.96. The van der Waals surface area contributed by atoms with E-state index in [9.17, 15) is 8.42 Å². The summed E-state index contributed by atoms with van der Waals surface area (Å²) in [4.78, 5) is 0.343. The minimum atomic E-state index is -3.47. The molecule has 1 saturated carbocycles. The zero-order chi connectivity index (χ0) is 19.2. The average Bonchev–Trinajstić information content (AvgIpc) is 2.57. The molecule has 27 heavy (non-hydrogen) atoms. The normalized spacial score (nSPS) is 27.4. The Morgan fingerprint density at radius 1 is 1.00 bits per heavy atom. The molecule has 0 radical (unpaired) electrons. The predicted molar refractivity (Wildman–Crippen MR) is 106 cm³/mol. The van der Waals surface area contributed by atoms with Crippen molar-refractivity contribution in [2.45, 2.75) is 44.6 Å². The van der Waals surface area contributed by atoms with Crippen LogP contribution in [0, 0.1) is 17.3 Å². The summed E-state index contributed by atoms with van der Waals surface area (Å²) in [5.41, 5.74) is 0.0179. The minimum Gasteiger partial charge on any atom is -0.457 e. The van der Waals surface area contributed by atoms with Gasteiger partial charge in [-0.15, -0.1) is 0 Å². The lowest BCUT2D eigenvalue weighted by Crippen LogP contribution is -2.66. The van der Waals surface area contributed by atoms with Crippen LogP contribution in [-0.2, 0) is 10.0 Å². The standard InChI is InChI=1S/C22H27NO3S/c1-16-13-17-15-23(21(17)22(2,3)14-16)27(24,25)20-11-9-19(10-12-20)26-18-7-5-4-6-8-18/h4-12,16-17,21H,13-15H2,1-3H3. The first-order chi connectivity index (χ1) is 12.8. The topological polar surface area (TPSA) is 46.6 Å². The number of ether oxygens (including phenoxy) is 1. The molecule has 2 aromatic rings. The van der Waals surface area contributed by atoms with Gasteiger partial charge in [0.25, 0.3) is 0 Å². The highest BCUT2D eigenvalue weighted by atomic mass is 32.2. The van der Waals surface area contributed by atoms with Crippen molar-refractivity contribution in [1.82, 2.24) is 4.31 Å². The quantitative estimate of drug-likeness (QED) is 0.750. The summed E-state index contributed by atoms with van der Waals surface area (Å²) in [5, 5.41) is 0. The van der Waals surface area contributed by atoms with Crippen LogP contribution in [-0.4, -0.2) is 25.3 Å². The van der Waals surface area contributed by atoms with Crippen molar-refractivity contribution in [1.29, 1.82) is 0 Å². The summed E-state index contributed by atoms with van der Waals surface area (Å²) in [6.45, 7) is 7.33. The van der Waals surface area contributed by atoms with E-state index in [0.29, 0.717) is 29.0 Å². The molecule has 1 heterocycles. The number of hydrogen-bond acceptors (Lipinski definition) is 3. The Labute approximate surface area is 162 Å². The molecule has 3 atom stereocenters. The Hall–Kier alpha value is -1.85. The fourth-order valence-corrected chi connectivity index (χ4v) is 6.97. The van der Waals surface area contributed by atoms with Crippen molar-refractivity contribution in [2.75, 3.05) is 6.54 Å². The average molecular weight is 386 g/mol. The maximum absolute atomic E-state index is 13.2. The number of rotatable bonds is 4. The fraction of sp³-hybridized carbons (Fsp3) is 0.455. The highest BCUT2D eigenvalue weighted by Crippen LogP contribution is 2.51. The molecular formula is C22H27NO3S. The van der Waals surface area contributed by atoms with Crippen LogP contribution in [0.4, 0.5) is 0 Å². The lowest BCUT2D eigenvalue weighted by atomic mass is 9.61. The predicted octanol–water partition coefficient (Wildman–Crippen LogP) is 4.92. The molecule has 3 unspecified atom stereocenters. The molecule has 0 amide bonds. The van der Waals surface area contributed by atoms with E-state index in [1.54, 1.807) is 28.6 Å². The van der Waals surface area contributed by atoms with Crippen LogP contribution in [0.1, 0.15) is 33.6 Å². The first kappa shape index (κ1) is 18.5. The van der Waals surface area contributed by atoms with Gasteiger partial charge in [0.05, 0.1) is 4.90 Å². The summed E-state index contributed by atoms with van der Waals surface area (Å²) in [6, 6.07) is 16.3. The zero-order valence-corrected chi connectivity index (χ0v) is 16.9. The first-order valence-electron chi connectivity index (χ1n) is 9.62. The van der Waals surface area contributed by atoms with Gasteiger partial charge in [0, 0.05) is 12.6 Å². The number of fused-ring (bicyclic) bond motifs is 1. The minimum absolute atomic E-state index is 0.0179. The lowest BCUT2D eigenvalue weighted by Gasteiger charge is -2.58. The van der Waals surface area contributed by atoms with Gasteiger partial charge in [-0.25, -0.2) is 8.42 Å². The van der Waals surface area contributed by atoms with E-state index in [1.165, 1.54) is 0 Å². The number of para-hydroxylation sites is 1. The molecule has 2 fully saturated rings. The van der Waals surface area contributed by atoms with Gasteiger partial charge in [-0.1, -0.05) is 39.0 Å². The Kier molecular flexibility index (Phi) is 4.55. The van der Waals surface area contributed by atoms with E-state index < -0.39 is 10.0 Å². The zero-order valence-electron chi connectivity index (χ0n) is 16.1. The second kappa shape index (κ2) is 6.64. The molecule has 1 aliphatic carbocycles. The van der Waals surface area contributed by atoms with Gasteiger partial charge in [0.15, 0.2) is 0 Å². The molecular weight excluding hydrogens is 358 g/mol. The smallest absolute Gasteiger partial charge is 0.243 e. The molecule has 0 spiro atoms. The summed E-state index contributed by atoms with van der Waals surface area (Å²) in [5.74, 6) is 2.52. The van der Waals surface area contributed by atoms with Crippen LogP contribution >= 0.6 is 0 Å². The van der Waals surface area contributed by atoms with Crippen LogP contribution in [0.5, 0.6) is 11.5 Å². The van der Waals surface area contributed by atoms with Crippen LogP contribution in [0.3, 0.4) is 0 Å². The van der Waals surface area contributed by atoms with E-state index in [4.69, 9.17) is 4.74 Å². The number of benzene rings is 2. The van der Waals surface area contributed by atoms with Gasteiger partial charge in [-0.2, -0.15) is 4.31 Å². The Balaban J connectivity index is 1.53. The number of sulfonamides is 1. The molecule has 144 valence electrons. The molecule has 4 rings (SSSR count). The second-order valence-corrected chi connectivity index (χ2v) is 10.6. The summed E-state index contributed by atoms with van der Waals surface area (Å²) in [7, 11) is -3.47. The third kappa shape index (κ3) is 3.39. The first-order valence-corrected chi connectivity index (χ1v) is 11.1. The van der Waals surface area contributed by atoms with Crippen LogP contribution < -0.4 is 4.74 Å². The molecule has 1 saturated heterocycles. The largest absolute Gasteiger partial charge is 0.457 e. The Morgan fingerprint density at radius 3 is 2.26 bits per heavy atom. The van der Waals surface area contributed by atoms with E-state index in [1.807, 2.05) is 30.3 Å². The van der Waals surface area contributed by atoms with Crippen LogP contribution in [0.2, 0.25) is 0 Å². The highest BCUT2D eigenvalue weighted by Gasteiger charge is 2.55. The van der Waals surface area contributed by atoms with Crippen molar-refractivity contribution in [3.8, 4) is 11.5 Å². The van der Waals surface area contributed by atoms with E-state index in [0.717, 1.165) is 18.6 Å². The van der Waals surface area contributed by atoms with Gasteiger partial charge < -0.3 is 4.74 Å². The highest BCUT2D eigenvalue weighted by molar-refractivity contribution is 7.89. The summed E-state index contributed by atoms with van der Waals surface area (Å²) < 4.78 is 33.9. The molecule has 4 nitrogen and oxygen atoms in total. The van der Waals surface area contributed by atoms with E-state index in [-0.39, 0.29) is 11.5 Å². The van der Waals surface area contributed by atoms with Crippen LogP contribution in [0.15, 0.2) is 59.5 Å². The van der Waals surface area contributed by atoms with E-state index >= 15 is 0 Å². The summed E-state index contributed by atoms with van der Waals surface area (Å²) in [6.07, 6.45) is 2.20. The van der Waals surface area contributed by atoms with Gasteiger partial charge >= 0.3 is 0 Å². The Bertz CT molecular complexity index is 906. The molecule has 0 aromatic heterocycles. The molecule has 0 N–H and O–H groups in total. The van der Waals surface area contributed by atoms with Crippen LogP contribution in [0.25, 0.3) is 0 Å². The maximum atomic E-state index is 13.2. The molecule has 0 bridgehead atoms. The number of hydrogen-bond donors (Lipinski definition) is 0. The molecule has 2 aliphatic rings. The van der Waals surface area contributed by atoms with Crippen molar-refractivity contribution in [2.24, 2.45) is 17.3 Å². The Morgan fingerprint density at radius 2 is 1.63 bits per heavy atom. The van der Waals surface area contributed by atoms with Crippen molar-refractivity contribution in [3.05, 3.63) is 54.6 Å². The monoisotopic (exact) mass is 385 g/mol. The van der Waals surface area contributed by atoms with Gasteiger partial charge in [0.2, 0.25) is 10.0 Å². The van der Waals surface area contributed by atoms with Crippen molar-refractivity contribution >= 4 is 10.0 Å². The summed E-state index contributed by atoms with van der Waals surface area (Å²) >= 11 is 0. The molecule has 2 aromatic carbocycles. The van der Waals surface area contributed by atoms with Gasteiger partial charge in [-0.05, 0) is 66.5 Å². The SMILES string of the molecule is CC1CC2CN(S(=O)(=O)c3ccc(Oc4ccccc4)cc3)C2C(C)(C)C1. The number of nitrogens with zero attached hydrogens (tertiary/aromatic N) is 1.